The Morgan fingerprint density at radius 2 is 0.738 bits per heavy atom. The SMILES string of the molecule is [2H]c1c([2H])c([2H])c2c(c1[2H])B1c3cc([2H])c4c([2H])c([2H])c([2H])c([2H])c4c3N(c3cccc4c5ccccc5c5ccccc5c34)c3cccc(c31)N2c1cccc2c3ccccc3c3ccccc3c12. The number of hydrogen-bond donors (Lipinski definition) is 0. The molecule has 0 spiro atoms. The lowest BCUT2D eigenvalue weighted by molar-refractivity contribution is 1.27. The van der Waals surface area contributed by atoms with Gasteiger partial charge in [0.15, 0.2) is 0 Å². The van der Waals surface area contributed by atoms with E-state index in [0.29, 0.717) is 28.0 Å². The lowest BCUT2D eigenvalue weighted by atomic mass is 9.33. The topological polar surface area (TPSA) is 6.48 Å². The van der Waals surface area contributed by atoms with E-state index in [4.69, 9.17) is 2.74 Å². The van der Waals surface area contributed by atoms with E-state index in [1.165, 1.54) is 0 Å². The summed E-state index contributed by atoms with van der Waals surface area (Å²) in [6.45, 7) is -0.906. The molecule has 0 aromatic heterocycles. The van der Waals surface area contributed by atoms with Crippen LogP contribution in [-0.2, 0) is 0 Å². The van der Waals surface area contributed by atoms with Gasteiger partial charge in [-0.2, -0.15) is 0 Å². The summed E-state index contributed by atoms with van der Waals surface area (Å²) in [5.41, 5.74) is 5.05. The molecule has 0 unspecified atom stereocenters. The second kappa shape index (κ2) is 12.3. The summed E-state index contributed by atoms with van der Waals surface area (Å²) in [7, 11) is 0. The van der Waals surface area contributed by atoms with Crippen LogP contribution in [0.2, 0.25) is 0 Å². The molecule has 0 radical (unpaired) electrons. The van der Waals surface area contributed by atoms with Crippen LogP contribution < -0.4 is 26.2 Å². The van der Waals surface area contributed by atoms with Crippen LogP contribution in [-0.4, -0.2) is 6.71 Å². The van der Waals surface area contributed by atoms with Crippen molar-refractivity contribution in [3.63, 3.8) is 0 Å². The van der Waals surface area contributed by atoms with Crippen molar-refractivity contribution in [2.24, 2.45) is 0 Å². The zero-order chi connectivity index (χ0) is 47.6. The molecule has 2 aliphatic heterocycles. The van der Waals surface area contributed by atoms with E-state index >= 15 is 0 Å². The van der Waals surface area contributed by atoms with Crippen molar-refractivity contribution in [2.45, 2.75) is 0 Å². The van der Waals surface area contributed by atoms with E-state index in [0.717, 1.165) is 81.5 Å². The fourth-order valence-corrected chi connectivity index (χ4v) is 10.8. The van der Waals surface area contributed by atoms with Crippen molar-refractivity contribution < 1.29 is 12.3 Å². The number of anilines is 6. The highest BCUT2D eigenvalue weighted by molar-refractivity contribution is 7.00. The highest BCUT2D eigenvalue weighted by Gasteiger charge is 2.44. The van der Waals surface area contributed by atoms with E-state index in [-0.39, 0.29) is 52.7 Å². The Morgan fingerprint density at radius 3 is 1.33 bits per heavy atom. The van der Waals surface area contributed by atoms with Crippen molar-refractivity contribution >= 4 is 133 Å². The van der Waals surface area contributed by atoms with Gasteiger partial charge in [-0.25, -0.2) is 0 Å². The van der Waals surface area contributed by atoms with Gasteiger partial charge in [-0.15, -0.1) is 0 Å². The van der Waals surface area contributed by atoms with Crippen LogP contribution in [0.4, 0.5) is 34.1 Å². The van der Waals surface area contributed by atoms with Gasteiger partial charge in [0, 0.05) is 38.9 Å². The van der Waals surface area contributed by atoms with Crippen LogP contribution in [0.15, 0.2) is 212 Å². The molecule has 14 rings (SSSR count). The molecule has 0 saturated heterocycles. The van der Waals surface area contributed by atoms with Gasteiger partial charge in [-0.3, -0.25) is 0 Å². The Kier molecular flexibility index (Phi) is 5.17. The van der Waals surface area contributed by atoms with Crippen LogP contribution in [0.25, 0.3) is 75.4 Å². The Balaban J connectivity index is 1.20. The number of benzene rings is 12. The van der Waals surface area contributed by atoms with Gasteiger partial charge in [0.25, 0.3) is 6.71 Å². The molecule has 280 valence electrons. The second-order valence-electron chi connectivity index (χ2n) is 16.0. The van der Waals surface area contributed by atoms with Crippen LogP contribution in [0.5, 0.6) is 0 Å². The van der Waals surface area contributed by atoms with Crippen molar-refractivity contribution in [3.8, 4) is 0 Å². The molecule has 2 aliphatic rings. The van der Waals surface area contributed by atoms with Crippen LogP contribution in [0.3, 0.4) is 0 Å². The van der Waals surface area contributed by atoms with Crippen molar-refractivity contribution in [1.29, 1.82) is 0 Å². The van der Waals surface area contributed by atoms with Gasteiger partial charge in [-0.05, 0) is 106 Å². The maximum atomic E-state index is 9.92. The van der Waals surface area contributed by atoms with Crippen LogP contribution >= 0.6 is 0 Å². The number of para-hydroxylation sites is 1. The summed E-state index contributed by atoms with van der Waals surface area (Å²) in [5.74, 6) is 0. The molecule has 0 aliphatic carbocycles. The molecule has 61 heavy (non-hydrogen) atoms. The summed E-state index contributed by atoms with van der Waals surface area (Å²) in [5, 5.41) is 12.4. The number of nitrogens with zero attached hydrogens (tertiary/aromatic N) is 2. The predicted molar refractivity (Wildman–Crippen MR) is 263 cm³/mol. The summed E-state index contributed by atoms with van der Waals surface area (Å²) in [4.78, 5) is 4.10. The highest BCUT2D eigenvalue weighted by atomic mass is 15.2. The lowest BCUT2D eigenvalue weighted by Crippen LogP contribution is -2.61. The van der Waals surface area contributed by atoms with Gasteiger partial charge in [0.05, 0.1) is 23.7 Å². The molecule has 3 heteroatoms. The van der Waals surface area contributed by atoms with E-state index in [1.54, 1.807) is 6.07 Å². The van der Waals surface area contributed by atoms with E-state index in [2.05, 4.69) is 65.6 Å². The zero-order valence-electron chi connectivity index (χ0n) is 41.5. The smallest absolute Gasteiger partial charge is 0.252 e. The molecule has 2 nitrogen and oxygen atoms in total. The summed E-state index contributed by atoms with van der Waals surface area (Å²) < 4.78 is 84.8. The molecule has 0 fully saturated rings. The fourth-order valence-electron chi connectivity index (χ4n) is 10.8. The number of hydrogen-bond acceptors (Lipinski definition) is 2. The highest BCUT2D eigenvalue weighted by Crippen LogP contribution is 2.51. The molecule has 0 bridgehead atoms. The van der Waals surface area contributed by atoms with Gasteiger partial charge >= 0.3 is 0 Å². The first-order valence-electron chi connectivity index (χ1n) is 25.1. The minimum Gasteiger partial charge on any atom is -0.311 e. The molecular formula is C58H35BN2. The third-order valence-corrected chi connectivity index (χ3v) is 13.1. The third kappa shape index (κ3) is 4.37. The average Bonchev–Trinajstić information content (AvgIpc) is 3.40. The first kappa shape index (κ1) is 25.6. The van der Waals surface area contributed by atoms with Gasteiger partial charge in [0.2, 0.25) is 0 Å². The largest absolute Gasteiger partial charge is 0.311 e. The Morgan fingerprint density at radius 1 is 0.311 bits per heavy atom. The lowest BCUT2D eigenvalue weighted by Gasteiger charge is -2.45. The maximum Gasteiger partial charge on any atom is 0.252 e. The number of fused-ring (bicyclic) bond motifs is 18. The van der Waals surface area contributed by atoms with Crippen molar-refractivity contribution in [2.75, 3.05) is 9.80 Å². The average molecular weight is 780 g/mol. The molecule has 12 aromatic carbocycles. The Bertz CT molecular complexity index is 4310. The summed E-state index contributed by atoms with van der Waals surface area (Å²) in [6, 6.07) is 50.3. The fraction of sp³-hybridized carbons (Fsp3) is 0. The van der Waals surface area contributed by atoms with Gasteiger partial charge in [-0.1, -0.05) is 182 Å². The molecule has 2 heterocycles. The second-order valence-corrected chi connectivity index (χ2v) is 16.0. The Hall–Kier alpha value is -7.88. The minimum absolute atomic E-state index is 0.0624. The van der Waals surface area contributed by atoms with Gasteiger partial charge in [0.1, 0.15) is 0 Å². The molecule has 0 N–H and O–H groups in total. The van der Waals surface area contributed by atoms with E-state index in [1.807, 2.05) is 95.9 Å². The van der Waals surface area contributed by atoms with E-state index in [9.17, 15) is 9.60 Å². The first-order chi connectivity index (χ1) is 34.1. The van der Waals surface area contributed by atoms with Crippen molar-refractivity contribution in [3.05, 3.63) is 212 Å². The van der Waals surface area contributed by atoms with Crippen LogP contribution in [0.1, 0.15) is 12.3 Å². The first-order valence-corrected chi connectivity index (χ1v) is 20.6. The normalized spacial score (nSPS) is 15.2. The van der Waals surface area contributed by atoms with Gasteiger partial charge < -0.3 is 9.80 Å². The summed E-state index contributed by atoms with van der Waals surface area (Å²) in [6.07, 6.45) is 0. The Labute approximate surface area is 365 Å². The maximum absolute atomic E-state index is 9.92. The minimum atomic E-state index is -0.906. The quantitative estimate of drug-likeness (QED) is 0.127. The molecular weight excluding hydrogens is 735 g/mol. The van der Waals surface area contributed by atoms with E-state index < -0.39 is 24.8 Å². The zero-order valence-corrected chi connectivity index (χ0v) is 32.5. The predicted octanol–water partition coefficient (Wildman–Crippen LogP) is 13.8. The standard InChI is InChI=1S/C58H35BN2/c1-2-17-37-36(16-1)34-35-49-58(37)61(52-31-14-27-47-43-21-6-4-19-39(43)41-23-8-10-25-45(41)56(47)52)54-33-15-32-53-57(54)59(49)48-28-11-12-29-50(48)60(53)51-30-13-26-46-42-20-5-3-18-38(42)40-22-7-9-24-44(40)55(46)51/h1-35H/i1D,2D,11D,12D,16D,17D,28D,29D,34D. The molecule has 12 aromatic rings. The van der Waals surface area contributed by atoms with Crippen LogP contribution in [0, 0.1) is 0 Å². The molecule has 0 saturated carbocycles. The molecule has 0 amide bonds. The molecule has 0 atom stereocenters. The van der Waals surface area contributed by atoms with Crippen molar-refractivity contribution in [1.82, 2.24) is 0 Å². The summed E-state index contributed by atoms with van der Waals surface area (Å²) >= 11 is 0. The number of rotatable bonds is 2. The third-order valence-electron chi connectivity index (χ3n) is 13.1. The monoisotopic (exact) mass is 779 g/mol.